The molecule has 154 valence electrons. The van der Waals surface area contributed by atoms with Gasteiger partial charge in [0.1, 0.15) is 0 Å². The van der Waals surface area contributed by atoms with E-state index in [1.165, 1.54) is 12.8 Å². The van der Waals surface area contributed by atoms with E-state index in [2.05, 4.69) is 47.3 Å². The number of hydrazone groups is 1. The third-order valence-electron chi connectivity index (χ3n) is 5.08. The molecule has 2 aliphatic rings. The third kappa shape index (κ3) is 4.92. The van der Waals surface area contributed by atoms with E-state index < -0.39 is 0 Å². The lowest BCUT2D eigenvalue weighted by molar-refractivity contribution is 0.122. The fourth-order valence-electron chi connectivity index (χ4n) is 3.39. The monoisotopic (exact) mass is 396 g/mol. The van der Waals surface area contributed by atoms with Crippen LogP contribution in [-0.2, 0) is 4.74 Å². The van der Waals surface area contributed by atoms with Gasteiger partial charge in [0.05, 0.1) is 19.4 Å². The summed E-state index contributed by atoms with van der Waals surface area (Å²) < 4.78 is 5.45. The summed E-state index contributed by atoms with van der Waals surface area (Å²) in [5, 5.41) is 4.34. The van der Waals surface area contributed by atoms with Crippen molar-refractivity contribution in [1.29, 1.82) is 0 Å². The average Bonchev–Trinajstić information content (AvgIpc) is 3.30. The molecule has 0 amide bonds. The van der Waals surface area contributed by atoms with Gasteiger partial charge < -0.3 is 19.4 Å². The topological polar surface area (TPSA) is 82.0 Å². The predicted molar refractivity (Wildman–Crippen MR) is 116 cm³/mol. The number of aromatic nitrogens is 3. The van der Waals surface area contributed by atoms with Crippen LogP contribution in [0, 0.1) is 0 Å². The van der Waals surface area contributed by atoms with Gasteiger partial charge in [-0.1, -0.05) is 12.1 Å². The van der Waals surface area contributed by atoms with Crippen molar-refractivity contribution < 1.29 is 4.74 Å². The van der Waals surface area contributed by atoms with E-state index in [1.807, 2.05) is 26.2 Å². The van der Waals surface area contributed by atoms with E-state index >= 15 is 0 Å². The number of nitrogens with one attached hydrogen (secondary N) is 1. The third-order valence-corrected chi connectivity index (χ3v) is 5.08. The maximum Gasteiger partial charge on any atom is 0.250 e. The Balaban J connectivity index is 1.51. The summed E-state index contributed by atoms with van der Waals surface area (Å²) in [4.78, 5) is 20.3. The van der Waals surface area contributed by atoms with Crippen molar-refractivity contribution in [3.05, 3.63) is 29.8 Å². The number of nitrogens with zero attached hydrogens (tertiary/aromatic N) is 7. The predicted octanol–water partition coefficient (Wildman–Crippen LogP) is 1.82. The van der Waals surface area contributed by atoms with Crippen molar-refractivity contribution in [3.8, 4) is 0 Å². The molecule has 0 unspecified atom stereocenters. The number of hydrogen-bond donors (Lipinski definition) is 1. The molecule has 0 atom stereocenters. The van der Waals surface area contributed by atoms with E-state index in [-0.39, 0.29) is 0 Å². The highest BCUT2D eigenvalue weighted by Gasteiger charge is 2.21. The number of benzene rings is 1. The van der Waals surface area contributed by atoms with E-state index in [4.69, 9.17) is 9.72 Å². The van der Waals surface area contributed by atoms with E-state index in [0.717, 1.165) is 37.4 Å². The normalized spacial score (nSPS) is 17.2. The lowest BCUT2D eigenvalue weighted by Crippen LogP contribution is -2.38. The Labute approximate surface area is 171 Å². The maximum atomic E-state index is 5.45. The molecule has 0 spiro atoms. The molecule has 2 aliphatic heterocycles. The van der Waals surface area contributed by atoms with Crippen LogP contribution < -0.4 is 20.1 Å². The van der Waals surface area contributed by atoms with Crippen molar-refractivity contribution in [3.63, 3.8) is 0 Å². The highest BCUT2D eigenvalue weighted by atomic mass is 16.5. The molecule has 0 aliphatic carbocycles. The van der Waals surface area contributed by atoms with Crippen molar-refractivity contribution >= 4 is 29.7 Å². The van der Waals surface area contributed by atoms with Gasteiger partial charge in [-0.3, -0.25) is 0 Å². The first kappa shape index (κ1) is 19.4. The molecule has 2 aromatic rings. The number of ether oxygens (including phenoxy) is 1. The summed E-state index contributed by atoms with van der Waals surface area (Å²) in [6.07, 6.45) is 4.11. The van der Waals surface area contributed by atoms with Gasteiger partial charge in [-0.05, 0) is 30.5 Å². The molecule has 2 saturated heterocycles. The summed E-state index contributed by atoms with van der Waals surface area (Å²) >= 11 is 0. The van der Waals surface area contributed by atoms with E-state index in [1.54, 1.807) is 6.21 Å². The fraction of sp³-hybridized carbons (Fsp3) is 0.500. The molecule has 3 heterocycles. The molecule has 0 saturated carbocycles. The Bertz CT molecular complexity index is 827. The number of anilines is 4. The molecule has 0 bridgehead atoms. The van der Waals surface area contributed by atoms with Gasteiger partial charge in [-0.2, -0.15) is 20.1 Å². The molecule has 4 rings (SSSR count). The SMILES string of the molecule is CN(C)c1ccc(/C=N/Nc2nc(N3CCCC3)nc(N3CCOCC3)n2)cc1. The second-order valence-corrected chi connectivity index (χ2v) is 7.41. The first-order valence-corrected chi connectivity index (χ1v) is 10.1. The Kier molecular flexibility index (Phi) is 6.04. The van der Waals surface area contributed by atoms with Crippen molar-refractivity contribution in [2.24, 2.45) is 5.10 Å². The molecule has 1 aromatic heterocycles. The molecule has 29 heavy (non-hydrogen) atoms. The van der Waals surface area contributed by atoms with Crippen LogP contribution in [0.25, 0.3) is 0 Å². The molecular formula is C20H28N8O. The summed E-state index contributed by atoms with van der Waals surface area (Å²) in [6, 6.07) is 8.18. The van der Waals surface area contributed by atoms with Crippen LogP contribution in [0.15, 0.2) is 29.4 Å². The van der Waals surface area contributed by atoms with Crippen LogP contribution in [-0.4, -0.2) is 74.7 Å². The van der Waals surface area contributed by atoms with Crippen LogP contribution in [0.2, 0.25) is 0 Å². The minimum absolute atomic E-state index is 0.463. The maximum absolute atomic E-state index is 5.45. The second kappa shape index (κ2) is 9.04. The van der Waals surface area contributed by atoms with Crippen LogP contribution >= 0.6 is 0 Å². The quantitative estimate of drug-likeness (QED) is 0.585. The minimum atomic E-state index is 0.463. The smallest absolute Gasteiger partial charge is 0.250 e. The van der Waals surface area contributed by atoms with Crippen LogP contribution in [0.3, 0.4) is 0 Å². The highest BCUT2D eigenvalue weighted by Crippen LogP contribution is 2.21. The number of morpholine rings is 1. The number of rotatable bonds is 6. The minimum Gasteiger partial charge on any atom is -0.378 e. The van der Waals surface area contributed by atoms with Crippen molar-refractivity contribution in [2.75, 3.05) is 73.6 Å². The zero-order valence-corrected chi connectivity index (χ0v) is 17.1. The lowest BCUT2D eigenvalue weighted by atomic mass is 10.2. The highest BCUT2D eigenvalue weighted by molar-refractivity contribution is 5.80. The summed E-state index contributed by atoms with van der Waals surface area (Å²) in [5.74, 6) is 1.86. The van der Waals surface area contributed by atoms with Crippen LogP contribution in [0.1, 0.15) is 18.4 Å². The Morgan fingerprint density at radius 1 is 0.931 bits per heavy atom. The first-order chi connectivity index (χ1) is 14.2. The fourth-order valence-corrected chi connectivity index (χ4v) is 3.39. The molecule has 2 fully saturated rings. The van der Waals surface area contributed by atoms with Gasteiger partial charge in [0.2, 0.25) is 17.8 Å². The Morgan fingerprint density at radius 2 is 1.55 bits per heavy atom. The molecule has 1 aromatic carbocycles. The summed E-state index contributed by atoms with van der Waals surface area (Å²) in [6.45, 7) is 4.90. The molecule has 0 radical (unpaired) electrons. The van der Waals surface area contributed by atoms with Crippen LogP contribution in [0.4, 0.5) is 23.5 Å². The average molecular weight is 396 g/mol. The van der Waals surface area contributed by atoms with Gasteiger partial charge >= 0.3 is 0 Å². The lowest BCUT2D eigenvalue weighted by Gasteiger charge is -2.27. The van der Waals surface area contributed by atoms with Gasteiger partial charge in [0.15, 0.2) is 0 Å². The molecule has 1 N–H and O–H groups in total. The Morgan fingerprint density at radius 3 is 2.17 bits per heavy atom. The Hall–Kier alpha value is -2.94. The molecule has 9 nitrogen and oxygen atoms in total. The van der Waals surface area contributed by atoms with Gasteiger partial charge in [-0.25, -0.2) is 5.43 Å². The zero-order chi connectivity index (χ0) is 20.1. The van der Waals surface area contributed by atoms with Crippen molar-refractivity contribution in [1.82, 2.24) is 15.0 Å². The number of hydrogen-bond acceptors (Lipinski definition) is 9. The van der Waals surface area contributed by atoms with E-state index in [0.29, 0.717) is 31.1 Å². The van der Waals surface area contributed by atoms with Gasteiger partial charge in [-0.15, -0.1) is 0 Å². The molecule has 9 heteroatoms. The second-order valence-electron chi connectivity index (χ2n) is 7.41. The van der Waals surface area contributed by atoms with Crippen molar-refractivity contribution in [2.45, 2.75) is 12.8 Å². The first-order valence-electron chi connectivity index (χ1n) is 10.1. The molecular weight excluding hydrogens is 368 g/mol. The van der Waals surface area contributed by atoms with Gasteiger partial charge in [0, 0.05) is 46.0 Å². The zero-order valence-electron chi connectivity index (χ0n) is 17.1. The standard InChI is InChI=1S/C20H28N8O/c1-26(2)17-7-5-16(6-8-17)15-21-25-18-22-19(27-9-3-4-10-27)24-20(23-18)28-11-13-29-14-12-28/h5-8,15H,3-4,9-14H2,1-2H3,(H,22,23,24,25)/b21-15+. The van der Waals surface area contributed by atoms with Gasteiger partial charge in [0.25, 0.3) is 0 Å². The van der Waals surface area contributed by atoms with Crippen LogP contribution in [0.5, 0.6) is 0 Å². The summed E-state index contributed by atoms with van der Waals surface area (Å²) in [7, 11) is 4.05. The van der Waals surface area contributed by atoms with E-state index in [9.17, 15) is 0 Å². The summed E-state index contributed by atoms with van der Waals surface area (Å²) in [5.41, 5.74) is 5.14. The largest absolute Gasteiger partial charge is 0.378 e.